The van der Waals surface area contributed by atoms with Gasteiger partial charge in [0.05, 0.1) is 6.42 Å². The highest BCUT2D eigenvalue weighted by Crippen LogP contribution is 2.32. The van der Waals surface area contributed by atoms with Crippen LogP contribution in [-0.4, -0.2) is 17.9 Å². The van der Waals surface area contributed by atoms with Crippen molar-refractivity contribution in [2.75, 3.05) is 4.90 Å². The summed E-state index contributed by atoms with van der Waals surface area (Å²) in [5.74, 6) is -0.540. The van der Waals surface area contributed by atoms with Crippen LogP contribution in [0.2, 0.25) is 0 Å². The first-order chi connectivity index (χ1) is 9.66. The van der Waals surface area contributed by atoms with E-state index in [0.29, 0.717) is 12.8 Å². The van der Waals surface area contributed by atoms with Crippen molar-refractivity contribution in [2.24, 2.45) is 5.73 Å². The van der Waals surface area contributed by atoms with Gasteiger partial charge in [-0.1, -0.05) is 24.3 Å². The molecular formula is C15H14N2O2S. The highest BCUT2D eigenvalue weighted by Gasteiger charge is 2.36. The van der Waals surface area contributed by atoms with Crippen LogP contribution in [0.15, 0.2) is 41.8 Å². The third-order valence-electron chi connectivity index (χ3n) is 3.48. The Morgan fingerprint density at radius 2 is 2.05 bits per heavy atom. The molecule has 5 heteroatoms. The Hall–Kier alpha value is -2.14. The van der Waals surface area contributed by atoms with Gasteiger partial charge in [0, 0.05) is 17.0 Å². The fourth-order valence-corrected chi connectivity index (χ4v) is 3.27. The number of benzene rings is 1. The Kier molecular flexibility index (Phi) is 3.28. The van der Waals surface area contributed by atoms with Crippen molar-refractivity contribution in [3.63, 3.8) is 0 Å². The van der Waals surface area contributed by atoms with Crippen LogP contribution in [0.1, 0.15) is 10.4 Å². The van der Waals surface area contributed by atoms with Crippen LogP contribution in [-0.2, 0) is 22.4 Å². The van der Waals surface area contributed by atoms with Gasteiger partial charge in [0.2, 0.25) is 11.8 Å². The number of rotatable bonds is 3. The maximum absolute atomic E-state index is 12.5. The van der Waals surface area contributed by atoms with E-state index in [9.17, 15) is 9.59 Å². The molecule has 0 aliphatic carbocycles. The number of nitrogens with two attached hydrogens (primary N) is 1. The van der Waals surface area contributed by atoms with Crippen molar-refractivity contribution in [3.8, 4) is 0 Å². The molecule has 0 fully saturated rings. The number of primary amides is 1. The lowest BCUT2D eigenvalue weighted by Crippen LogP contribution is -2.46. The number of para-hydroxylation sites is 1. The van der Waals surface area contributed by atoms with Crippen LogP contribution < -0.4 is 10.6 Å². The number of hydrogen-bond donors (Lipinski definition) is 1. The molecule has 0 radical (unpaired) electrons. The summed E-state index contributed by atoms with van der Waals surface area (Å²) in [4.78, 5) is 26.7. The molecule has 102 valence electrons. The van der Waals surface area contributed by atoms with Gasteiger partial charge in [-0.2, -0.15) is 0 Å². The maximum atomic E-state index is 12.5. The van der Waals surface area contributed by atoms with E-state index in [-0.39, 0.29) is 5.91 Å². The second kappa shape index (κ2) is 5.09. The van der Waals surface area contributed by atoms with Gasteiger partial charge in [-0.05, 0) is 23.1 Å². The monoisotopic (exact) mass is 286 g/mol. The maximum Gasteiger partial charge on any atom is 0.240 e. The summed E-state index contributed by atoms with van der Waals surface area (Å²) in [5.41, 5.74) is 7.25. The molecule has 4 nitrogen and oxygen atoms in total. The number of nitrogens with zero attached hydrogens (tertiary/aromatic N) is 1. The summed E-state index contributed by atoms with van der Waals surface area (Å²) >= 11 is 1.54. The minimum Gasteiger partial charge on any atom is -0.368 e. The first-order valence-electron chi connectivity index (χ1n) is 6.38. The molecule has 1 aromatic carbocycles. The Bertz CT molecular complexity index is 652. The quantitative estimate of drug-likeness (QED) is 0.934. The second-order valence-corrected chi connectivity index (χ2v) is 5.80. The number of amides is 2. The molecule has 1 unspecified atom stereocenters. The number of hydrogen-bond acceptors (Lipinski definition) is 3. The third-order valence-corrected chi connectivity index (χ3v) is 4.36. The summed E-state index contributed by atoms with van der Waals surface area (Å²) < 4.78 is 0. The Balaban J connectivity index is 1.92. The van der Waals surface area contributed by atoms with Crippen LogP contribution in [0.3, 0.4) is 0 Å². The zero-order chi connectivity index (χ0) is 14.1. The van der Waals surface area contributed by atoms with Crippen molar-refractivity contribution in [1.82, 2.24) is 0 Å². The van der Waals surface area contributed by atoms with Gasteiger partial charge in [0.1, 0.15) is 6.04 Å². The summed E-state index contributed by atoms with van der Waals surface area (Å²) in [5, 5.41) is 1.94. The van der Waals surface area contributed by atoms with Gasteiger partial charge in [-0.3, -0.25) is 14.5 Å². The summed E-state index contributed by atoms with van der Waals surface area (Å²) in [6, 6.07) is 10.8. The molecule has 2 aromatic rings. The number of anilines is 1. The van der Waals surface area contributed by atoms with Gasteiger partial charge in [-0.25, -0.2) is 0 Å². The van der Waals surface area contributed by atoms with E-state index >= 15 is 0 Å². The minimum absolute atomic E-state index is 0.0822. The van der Waals surface area contributed by atoms with Crippen molar-refractivity contribution in [3.05, 3.63) is 52.2 Å². The van der Waals surface area contributed by atoms with E-state index in [0.717, 1.165) is 16.1 Å². The van der Waals surface area contributed by atoms with E-state index in [1.54, 1.807) is 4.90 Å². The van der Waals surface area contributed by atoms with Crippen LogP contribution >= 0.6 is 11.3 Å². The number of fused-ring (bicyclic) bond motifs is 1. The highest BCUT2D eigenvalue weighted by atomic mass is 32.1. The molecule has 0 spiro atoms. The summed E-state index contributed by atoms with van der Waals surface area (Å²) in [6.45, 7) is 0. The van der Waals surface area contributed by atoms with Gasteiger partial charge >= 0.3 is 0 Å². The van der Waals surface area contributed by atoms with Crippen LogP contribution in [0.25, 0.3) is 0 Å². The first kappa shape index (κ1) is 12.9. The molecule has 1 atom stereocenters. The first-order valence-corrected chi connectivity index (χ1v) is 7.26. The second-order valence-electron chi connectivity index (χ2n) is 4.77. The van der Waals surface area contributed by atoms with Gasteiger partial charge in [-0.15, -0.1) is 11.3 Å². The van der Waals surface area contributed by atoms with Gasteiger partial charge in [0.15, 0.2) is 0 Å². The number of thiophene rings is 1. The van der Waals surface area contributed by atoms with Gasteiger partial charge < -0.3 is 5.73 Å². The molecular weight excluding hydrogens is 272 g/mol. The zero-order valence-corrected chi connectivity index (χ0v) is 11.6. The average molecular weight is 286 g/mol. The molecule has 0 bridgehead atoms. The molecule has 2 heterocycles. The van der Waals surface area contributed by atoms with Gasteiger partial charge in [0.25, 0.3) is 0 Å². The Morgan fingerprint density at radius 3 is 2.75 bits per heavy atom. The molecule has 1 aliphatic rings. The zero-order valence-electron chi connectivity index (χ0n) is 10.8. The number of carbonyl (C=O) groups is 2. The predicted octanol–water partition coefficient (Wildman–Crippen LogP) is 1.73. The van der Waals surface area contributed by atoms with E-state index < -0.39 is 11.9 Å². The molecule has 3 rings (SSSR count). The van der Waals surface area contributed by atoms with E-state index in [2.05, 4.69) is 0 Å². The van der Waals surface area contributed by atoms with Crippen molar-refractivity contribution in [2.45, 2.75) is 18.9 Å². The fourth-order valence-electron chi connectivity index (χ4n) is 2.57. The van der Waals surface area contributed by atoms with Crippen molar-refractivity contribution in [1.29, 1.82) is 0 Å². The standard InChI is InChI=1S/C15H14N2O2S/c16-15(19)13-8-10-4-1-2-6-12(10)17(13)14(18)9-11-5-3-7-20-11/h1-7,13H,8-9H2,(H2,16,19). The normalized spacial score (nSPS) is 17.0. The smallest absolute Gasteiger partial charge is 0.240 e. The average Bonchev–Trinajstić information content (AvgIpc) is 3.04. The minimum atomic E-state index is -0.570. The predicted molar refractivity (Wildman–Crippen MR) is 78.6 cm³/mol. The molecule has 1 aliphatic heterocycles. The van der Waals surface area contributed by atoms with Crippen LogP contribution in [0.5, 0.6) is 0 Å². The lowest BCUT2D eigenvalue weighted by molar-refractivity contribution is -0.124. The van der Waals surface area contributed by atoms with E-state index in [4.69, 9.17) is 5.73 Å². The van der Waals surface area contributed by atoms with Crippen LogP contribution in [0, 0.1) is 0 Å². The lowest BCUT2D eigenvalue weighted by atomic mass is 10.1. The molecule has 1 aromatic heterocycles. The lowest BCUT2D eigenvalue weighted by Gasteiger charge is -2.23. The molecule has 2 amide bonds. The Morgan fingerprint density at radius 1 is 1.25 bits per heavy atom. The van der Waals surface area contributed by atoms with Crippen LogP contribution in [0.4, 0.5) is 5.69 Å². The SMILES string of the molecule is NC(=O)C1Cc2ccccc2N1C(=O)Cc1cccs1. The molecule has 20 heavy (non-hydrogen) atoms. The molecule has 0 saturated carbocycles. The van der Waals surface area contributed by atoms with E-state index in [1.807, 2.05) is 41.8 Å². The topological polar surface area (TPSA) is 63.4 Å². The summed E-state index contributed by atoms with van der Waals surface area (Å²) in [7, 11) is 0. The van der Waals surface area contributed by atoms with Crippen molar-refractivity contribution < 1.29 is 9.59 Å². The fraction of sp³-hybridized carbons (Fsp3) is 0.200. The largest absolute Gasteiger partial charge is 0.368 e. The molecule has 2 N–H and O–H groups in total. The summed E-state index contributed by atoms with van der Waals surface area (Å²) in [6.07, 6.45) is 0.803. The highest BCUT2D eigenvalue weighted by molar-refractivity contribution is 7.10. The number of carbonyl (C=O) groups excluding carboxylic acids is 2. The third kappa shape index (κ3) is 2.20. The Labute approximate surface area is 120 Å². The van der Waals surface area contributed by atoms with E-state index in [1.165, 1.54) is 11.3 Å². The van der Waals surface area contributed by atoms with Crippen molar-refractivity contribution >= 4 is 28.8 Å². The molecule has 0 saturated heterocycles.